The number of nitrogens with zero attached hydrogens (tertiary/aromatic N) is 2. The first kappa shape index (κ1) is 12.2. The quantitative estimate of drug-likeness (QED) is 0.674. The van der Waals surface area contributed by atoms with E-state index in [0.717, 1.165) is 32.7 Å². The van der Waals surface area contributed by atoms with Crippen LogP contribution >= 0.6 is 0 Å². The van der Waals surface area contributed by atoms with Crippen LogP contribution in [0.3, 0.4) is 0 Å². The van der Waals surface area contributed by atoms with Gasteiger partial charge in [-0.15, -0.1) is 6.58 Å². The number of carboxylic acids is 1. The van der Waals surface area contributed by atoms with Crippen LogP contribution in [-0.2, 0) is 4.79 Å². The van der Waals surface area contributed by atoms with E-state index < -0.39 is 5.97 Å². The van der Waals surface area contributed by atoms with Crippen molar-refractivity contribution in [1.82, 2.24) is 9.80 Å². The summed E-state index contributed by atoms with van der Waals surface area (Å²) in [5.41, 5.74) is 0. The van der Waals surface area contributed by atoms with E-state index in [1.54, 1.807) is 6.92 Å². The Morgan fingerprint density at radius 3 is 2.40 bits per heavy atom. The molecule has 1 N–H and O–H groups in total. The molecule has 0 aromatic rings. The number of hydrogen-bond donors (Lipinski definition) is 1. The third-order valence-corrected chi connectivity index (χ3v) is 2.81. The van der Waals surface area contributed by atoms with Gasteiger partial charge in [-0.3, -0.25) is 14.6 Å². The fourth-order valence-corrected chi connectivity index (χ4v) is 1.80. The van der Waals surface area contributed by atoms with Crippen molar-refractivity contribution in [3.05, 3.63) is 12.7 Å². The highest BCUT2D eigenvalue weighted by Crippen LogP contribution is 2.05. The maximum atomic E-state index is 10.7. The summed E-state index contributed by atoms with van der Waals surface area (Å²) in [6, 6.07) is 0. The molecule has 4 heteroatoms. The average Bonchev–Trinajstić information content (AvgIpc) is 2.21. The van der Waals surface area contributed by atoms with Crippen LogP contribution in [0.25, 0.3) is 0 Å². The molecule has 1 atom stereocenters. The minimum absolute atomic E-state index is 0.268. The second-order valence-electron chi connectivity index (χ2n) is 4.13. The normalized spacial score (nSPS) is 21.1. The molecule has 0 bridgehead atoms. The summed E-state index contributed by atoms with van der Waals surface area (Å²) in [6.07, 6.45) is 1.91. The van der Waals surface area contributed by atoms with Gasteiger partial charge < -0.3 is 5.11 Å². The number of aliphatic carboxylic acids is 1. The number of carboxylic acid groups (broad SMARTS) is 1. The number of piperazine rings is 1. The molecule has 4 nitrogen and oxygen atoms in total. The maximum Gasteiger partial charge on any atom is 0.307 e. The Morgan fingerprint density at radius 2 is 1.93 bits per heavy atom. The lowest BCUT2D eigenvalue weighted by atomic mass is 10.1. The summed E-state index contributed by atoms with van der Waals surface area (Å²) >= 11 is 0. The van der Waals surface area contributed by atoms with Crippen LogP contribution in [0, 0.1) is 5.92 Å². The maximum absolute atomic E-state index is 10.7. The van der Waals surface area contributed by atoms with Gasteiger partial charge in [0, 0.05) is 39.3 Å². The number of hydrogen-bond acceptors (Lipinski definition) is 3. The summed E-state index contributed by atoms with van der Waals surface area (Å²) in [4.78, 5) is 15.2. The third kappa shape index (κ3) is 4.01. The van der Waals surface area contributed by atoms with Crippen LogP contribution in [0.1, 0.15) is 6.92 Å². The van der Waals surface area contributed by atoms with Crippen molar-refractivity contribution in [3.63, 3.8) is 0 Å². The van der Waals surface area contributed by atoms with Crippen LogP contribution in [0.4, 0.5) is 0 Å². The van der Waals surface area contributed by atoms with Crippen LogP contribution in [0.15, 0.2) is 12.7 Å². The van der Waals surface area contributed by atoms with Gasteiger partial charge in [-0.1, -0.05) is 13.0 Å². The molecular formula is C11H20N2O2. The standard InChI is InChI=1S/C11H20N2O2/c1-3-4-12-5-7-13(8-6-12)9-10(2)11(14)15/h3,10H,1,4-9H2,2H3,(H,14,15). The van der Waals surface area contributed by atoms with Gasteiger partial charge in [0.15, 0.2) is 0 Å². The van der Waals surface area contributed by atoms with Crippen molar-refractivity contribution < 1.29 is 9.90 Å². The van der Waals surface area contributed by atoms with E-state index in [0.29, 0.717) is 6.54 Å². The van der Waals surface area contributed by atoms with Gasteiger partial charge >= 0.3 is 5.97 Å². The second-order valence-corrected chi connectivity index (χ2v) is 4.13. The van der Waals surface area contributed by atoms with Crippen molar-refractivity contribution in [2.75, 3.05) is 39.3 Å². The van der Waals surface area contributed by atoms with Crippen molar-refractivity contribution in [2.45, 2.75) is 6.92 Å². The highest BCUT2D eigenvalue weighted by Gasteiger charge is 2.20. The summed E-state index contributed by atoms with van der Waals surface area (Å²) in [5, 5.41) is 8.80. The molecule has 1 aliphatic heterocycles. The van der Waals surface area contributed by atoms with Gasteiger partial charge in [-0.2, -0.15) is 0 Å². The molecule has 1 rings (SSSR count). The zero-order valence-corrected chi connectivity index (χ0v) is 9.35. The molecule has 1 unspecified atom stereocenters. The molecular weight excluding hydrogens is 192 g/mol. The predicted octanol–water partition coefficient (Wildman–Crippen LogP) is 0.511. The number of carbonyl (C=O) groups is 1. The first-order valence-corrected chi connectivity index (χ1v) is 5.42. The molecule has 1 aliphatic rings. The third-order valence-electron chi connectivity index (χ3n) is 2.81. The molecule has 0 spiro atoms. The van der Waals surface area contributed by atoms with Crippen LogP contribution < -0.4 is 0 Å². The lowest BCUT2D eigenvalue weighted by Crippen LogP contribution is -2.48. The Labute approximate surface area is 91.2 Å². The SMILES string of the molecule is C=CCN1CCN(CC(C)C(=O)O)CC1. The Morgan fingerprint density at radius 1 is 1.40 bits per heavy atom. The van der Waals surface area contributed by atoms with Gasteiger partial charge in [0.1, 0.15) is 0 Å². The lowest BCUT2D eigenvalue weighted by molar-refractivity contribution is -0.141. The minimum Gasteiger partial charge on any atom is -0.481 e. The van der Waals surface area contributed by atoms with Gasteiger partial charge in [0.05, 0.1) is 5.92 Å². The Balaban J connectivity index is 2.25. The molecule has 0 amide bonds. The number of rotatable bonds is 5. The second kappa shape index (κ2) is 5.88. The summed E-state index contributed by atoms with van der Waals surface area (Å²) in [6.45, 7) is 11.0. The fourth-order valence-electron chi connectivity index (χ4n) is 1.80. The Kier molecular flexibility index (Phi) is 4.78. The summed E-state index contributed by atoms with van der Waals surface area (Å²) in [7, 11) is 0. The molecule has 0 aliphatic carbocycles. The monoisotopic (exact) mass is 212 g/mol. The van der Waals surface area contributed by atoms with Gasteiger partial charge in [0.25, 0.3) is 0 Å². The van der Waals surface area contributed by atoms with Gasteiger partial charge in [-0.05, 0) is 0 Å². The zero-order valence-electron chi connectivity index (χ0n) is 9.35. The van der Waals surface area contributed by atoms with Gasteiger partial charge in [-0.25, -0.2) is 0 Å². The van der Waals surface area contributed by atoms with Crippen molar-refractivity contribution in [1.29, 1.82) is 0 Å². The average molecular weight is 212 g/mol. The highest BCUT2D eigenvalue weighted by atomic mass is 16.4. The van der Waals surface area contributed by atoms with E-state index in [9.17, 15) is 4.79 Å². The van der Waals surface area contributed by atoms with Crippen LogP contribution in [0.5, 0.6) is 0 Å². The zero-order chi connectivity index (χ0) is 11.3. The molecule has 0 radical (unpaired) electrons. The molecule has 1 heterocycles. The Hall–Kier alpha value is -0.870. The van der Waals surface area contributed by atoms with E-state index in [-0.39, 0.29) is 5.92 Å². The smallest absolute Gasteiger partial charge is 0.307 e. The van der Waals surface area contributed by atoms with E-state index in [1.165, 1.54) is 0 Å². The molecule has 0 saturated carbocycles. The Bertz CT molecular complexity index is 223. The summed E-state index contributed by atoms with van der Waals surface area (Å²) < 4.78 is 0. The molecule has 1 saturated heterocycles. The summed E-state index contributed by atoms with van der Waals surface area (Å²) in [5.74, 6) is -0.973. The van der Waals surface area contributed by atoms with Crippen molar-refractivity contribution in [3.8, 4) is 0 Å². The largest absolute Gasteiger partial charge is 0.481 e. The molecule has 86 valence electrons. The van der Waals surface area contributed by atoms with E-state index >= 15 is 0 Å². The first-order chi connectivity index (χ1) is 7.13. The molecule has 1 fully saturated rings. The first-order valence-electron chi connectivity index (χ1n) is 5.42. The van der Waals surface area contributed by atoms with E-state index in [2.05, 4.69) is 16.4 Å². The minimum atomic E-state index is -0.705. The van der Waals surface area contributed by atoms with Crippen molar-refractivity contribution in [2.24, 2.45) is 5.92 Å². The lowest BCUT2D eigenvalue weighted by Gasteiger charge is -2.34. The fraction of sp³-hybridized carbons (Fsp3) is 0.727. The molecule has 0 aromatic carbocycles. The van der Waals surface area contributed by atoms with Crippen LogP contribution in [-0.4, -0.2) is 60.1 Å². The van der Waals surface area contributed by atoms with Crippen LogP contribution in [0.2, 0.25) is 0 Å². The predicted molar refractivity (Wildman–Crippen MR) is 59.9 cm³/mol. The topological polar surface area (TPSA) is 43.8 Å². The molecule has 0 aromatic heterocycles. The van der Waals surface area contributed by atoms with Crippen molar-refractivity contribution >= 4 is 5.97 Å². The van der Waals surface area contributed by atoms with Gasteiger partial charge in [0.2, 0.25) is 0 Å². The van der Waals surface area contributed by atoms with E-state index in [1.807, 2.05) is 6.08 Å². The molecule has 15 heavy (non-hydrogen) atoms. The van der Waals surface area contributed by atoms with E-state index in [4.69, 9.17) is 5.11 Å². The highest BCUT2D eigenvalue weighted by molar-refractivity contribution is 5.69.